The van der Waals surface area contributed by atoms with Gasteiger partial charge >= 0.3 is 5.97 Å². The number of furan rings is 1. The lowest BCUT2D eigenvalue weighted by atomic mass is 10.0. The number of thiocarbonyl (C=S) groups is 1. The van der Waals surface area contributed by atoms with Gasteiger partial charge in [0.2, 0.25) is 10.0 Å². The molecule has 5 rings (SSSR count). The highest BCUT2D eigenvalue weighted by Gasteiger charge is 2.42. The number of carbonyl (C=O) groups is 1. The first-order valence-electron chi connectivity index (χ1n) is 11.6. The lowest BCUT2D eigenvalue weighted by Crippen LogP contribution is -2.29. The number of anilines is 2. The molecular weight excluding hydrogens is 524 g/mol. The van der Waals surface area contributed by atoms with Gasteiger partial charge in [0.25, 0.3) is 0 Å². The van der Waals surface area contributed by atoms with Gasteiger partial charge in [-0.25, -0.2) is 13.2 Å². The molecule has 0 amide bonds. The summed E-state index contributed by atoms with van der Waals surface area (Å²) in [5, 5.41) is 13.2. The second kappa shape index (κ2) is 9.92. The predicted molar refractivity (Wildman–Crippen MR) is 149 cm³/mol. The summed E-state index contributed by atoms with van der Waals surface area (Å²) in [6, 6.07) is 20.4. The number of hydrogen-bond donors (Lipinski definition) is 3. The highest BCUT2D eigenvalue weighted by Crippen LogP contribution is 2.43. The van der Waals surface area contributed by atoms with Crippen molar-refractivity contribution in [3.8, 4) is 11.3 Å². The lowest BCUT2D eigenvalue weighted by Gasteiger charge is -2.26. The SMILES string of the molecule is Cc1cc(N2C(=S)N[C@@H](c3ccccn3)[C@@H]2c2ccc(-c3cccc(C(=O)O)c3)o2)ccc1NS(C)(=O)=O. The molecule has 0 saturated carbocycles. The van der Waals surface area contributed by atoms with E-state index in [-0.39, 0.29) is 11.6 Å². The van der Waals surface area contributed by atoms with E-state index in [9.17, 15) is 18.3 Å². The molecule has 1 saturated heterocycles. The number of benzene rings is 2. The van der Waals surface area contributed by atoms with Gasteiger partial charge in [-0.15, -0.1) is 0 Å². The number of rotatable bonds is 7. The fraction of sp³-hybridized carbons (Fsp3) is 0.148. The number of carboxylic acid groups (broad SMARTS) is 1. The minimum Gasteiger partial charge on any atom is -0.478 e. The average molecular weight is 549 g/mol. The van der Waals surface area contributed by atoms with Crippen molar-refractivity contribution in [3.05, 3.63) is 102 Å². The normalized spacial score (nSPS) is 17.3. The Labute approximate surface area is 225 Å². The first-order valence-corrected chi connectivity index (χ1v) is 13.9. The summed E-state index contributed by atoms with van der Waals surface area (Å²) >= 11 is 5.76. The highest BCUT2D eigenvalue weighted by atomic mass is 32.2. The summed E-state index contributed by atoms with van der Waals surface area (Å²) in [6.45, 7) is 1.81. The smallest absolute Gasteiger partial charge is 0.335 e. The summed E-state index contributed by atoms with van der Waals surface area (Å²) in [6.07, 6.45) is 2.81. The first-order chi connectivity index (χ1) is 18.1. The Morgan fingerprint density at radius 2 is 1.92 bits per heavy atom. The molecule has 2 aromatic heterocycles. The topological polar surface area (TPSA) is 125 Å². The Morgan fingerprint density at radius 1 is 1.11 bits per heavy atom. The quantitative estimate of drug-likeness (QED) is 0.277. The van der Waals surface area contributed by atoms with Crippen LogP contribution in [0, 0.1) is 6.92 Å². The second-order valence-corrected chi connectivity index (χ2v) is 11.1. The molecule has 0 aliphatic carbocycles. The molecule has 1 fully saturated rings. The molecule has 3 N–H and O–H groups in total. The minimum absolute atomic E-state index is 0.162. The Kier molecular flexibility index (Phi) is 6.64. The van der Waals surface area contributed by atoms with Crippen molar-refractivity contribution >= 4 is 44.7 Å². The molecule has 4 aromatic rings. The van der Waals surface area contributed by atoms with E-state index in [2.05, 4.69) is 15.0 Å². The van der Waals surface area contributed by atoms with Crippen LogP contribution in [0.2, 0.25) is 0 Å². The molecule has 0 bridgehead atoms. The van der Waals surface area contributed by atoms with E-state index in [4.69, 9.17) is 16.6 Å². The highest BCUT2D eigenvalue weighted by molar-refractivity contribution is 7.92. The van der Waals surface area contributed by atoms with Gasteiger partial charge in [-0.05, 0) is 79.3 Å². The third-order valence-corrected chi connectivity index (χ3v) is 7.10. The maximum atomic E-state index is 11.8. The molecule has 0 spiro atoms. The zero-order chi connectivity index (χ0) is 27.0. The van der Waals surface area contributed by atoms with Crippen molar-refractivity contribution in [2.75, 3.05) is 15.9 Å². The number of carboxylic acids is 1. The second-order valence-electron chi connectivity index (χ2n) is 8.96. The predicted octanol–water partition coefficient (Wildman–Crippen LogP) is 4.90. The molecule has 2 aromatic carbocycles. The third kappa shape index (κ3) is 5.11. The van der Waals surface area contributed by atoms with Crippen molar-refractivity contribution in [3.63, 3.8) is 0 Å². The number of aryl methyl sites for hydroxylation is 1. The van der Waals surface area contributed by atoms with Crippen molar-refractivity contribution in [1.29, 1.82) is 0 Å². The van der Waals surface area contributed by atoms with Crippen LogP contribution in [-0.4, -0.2) is 35.8 Å². The van der Waals surface area contributed by atoms with E-state index in [1.54, 1.807) is 42.6 Å². The van der Waals surface area contributed by atoms with Crippen LogP contribution in [0.5, 0.6) is 0 Å². The average Bonchev–Trinajstić information content (AvgIpc) is 3.50. The Morgan fingerprint density at radius 3 is 2.61 bits per heavy atom. The van der Waals surface area contributed by atoms with Crippen LogP contribution in [0.15, 0.2) is 83.4 Å². The van der Waals surface area contributed by atoms with E-state index in [0.717, 1.165) is 23.2 Å². The van der Waals surface area contributed by atoms with E-state index in [1.807, 2.05) is 42.2 Å². The van der Waals surface area contributed by atoms with E-state index < -0.39 is 22.0 Å². The summed E-state index contributed by atoms with van der Waals surface area (Å²) in [7, 11) is -3.43. The van der Waals surface area contributed by atoms with Crippen LogP contribution in [0.25, 0.3) is 11.3 Å². The summed E-state index contributed by atoms with van der Waals surface area (Å²) in [5.74, 6) is 0.0961. The van der Waals surface area contributed by atoms with Crippen LogP contribution >= 0.6 is 12.2 Å². The number of nitrogens with zero attached hydrogens (tertiary/aromatic N) is 2. The van der Waals surface area contributed by atoms with Crippen LogP contribution in [0.1, 0.15) is 39.5 Å². The van der Waals surface area contributed by atoms with Crippen LogP contribution in [-0.2, 0) is 10.0 Å². The Bertz CT molecular complexity index is 1640. The van der Waals surface area contributed by atoms with Gasteiger partial charge in [0.1, 0.15) is 17.6 Å². The van der Waals surface area contributed by atoms with Gasteiger partial charge in [-0.1, -0.05) is 18.2 Å². The van der Waals surface area contributed by atoms with Gasteiger partial charge in [-0.3, -0.25) is 9.71 Å². The molecule has 11 heteroatoms. The van der Waals surface area contributed by atoms with Crippen LogP contribution < -0.4 is 14.9 Å². The summed E-state index contributed by atoms with van der Waals surface area (Å²) in [4.78, 5) is 17.9. The maximum absolute atomic E-state index is 11.8. The first kappa shape index (κ1) is 25.4. The molecule has 1 aliphatic rings. The number of hydrogen-bond acceptors (Lipinski definition) is 6. The van der Waals surface area contributed by atoms with Crippen molar-refractivity contribution in [1.82, 2.24) is 10.3 Å². The lowest BCUT2D eigenvalue weighted by molar-refractivity contribution is 0.0697. The molecule has 38 heavy (non-hydrogen) atoms. The number of pyridine rings is 1. The number of aromatic nitrogens is 1. The zero-order valence-corrected chi connectivity index (χ0v) is 22.1. The fourth-order valence-electron chi connectivity index (χ4n) is 4.51. The van der Waals surface area contributed by atoms with Gasteiger partial charge in [-0.2, -0.15) is 0 Å². The van der Waals surface area contributed by atoms with Crippen LogP contribution in [0.4, 0.5) is 11.4 Å². The summed E-state index contributed by atoms with van der Waals surface area (Å²) < 4.78 is 32.3. The molecular formula is C27H24N4O5S2. The number of nitrogens with one attached hydrogen (secondary N) is 2. The summed E-state index contributed by atoms with van der Waals surface area (Å²) in [5.41, 5.74) is 3.51. The Hall–Kier alpha value is -4.22. The third-order valence-electron chi connectivity index (χ3n) is 6.19. The Balaban J connectivity index is 1.58. The number of sulfonamides is 1. The van der Waals surface area contributed by atoms with Gasteiger partial charge < -0.3 is 19.7 Å². The minimum atomic E-state index is -3.43. The van der Waals surface area contributed by atoms with Gasteiger partial charge in [0.05, 0.1) is 29.2 Å². The fourth-order valence-corrected chi connectivity index (χ4v) is 5.48. The monoisotopic (exact) mass is 548 g/mol. The van der Waals surface area contributed by atoms with E-state index in [0.29, 0.717) is 27.9 Å². The van der Waals surface area contributed by atoms with Gasteiger partial charge in [0, 0.05) is 17.4 Å². The van der Waals surface area contributed by atoms with Gasteiger partial charge in [0.15, 0.2) is 5.11 Å². The molecule has 9 nitrogen and oxygen atoms in total. The molecule has 194 valence electrons. The van der Waals surface area contributed by atoms with Crippen molar-refractivity contribution in [2.45, 2.75) is 19.0 Å². The molecule has 2 atom stereocenters. The largest absolute Gasteiger partial charge is 0.478 e. The van der Waals surface area contributed by atoms with Crippen molar-refractivity contribution < 1.29 is 22.7 Å². The standard InChI is InChI=1S/C27H24N4O5S2/c1-16-14-19(9-10-20(16)30-38(2,34)35)31-25(24(29-27(31)37)21-8-3-4-13-28-21)23-12-11-22(36-23)17-6-5-7-18(15-17)26(32)33/h3-15,24-25,30H,1-2H3,(H,29,37)(H,32,33)/t24-,25-/m0/s1. The van der Waals surface area contributed by atoms with Crippen LogP contribution in [0.3, 0.4) is 0 Å². The van der Waals surface area contributed by atoms with E-state index >= 15 is 0 Å². The molecule has 0 unspecified atom stereocenters. The molecule has 0 radical (unpaired) electrons. The maximum Gasteiger partial charge on any atom is 0.335 e. The zero-order valence-electron chi connectivity index (χ0n) is 20.5. The van der Waals surface area contributed by atoms with Crippen molar-refractivity contribution in [2.24, 2.45) is 0 Å². The number of aromatic carboxylic acids is 1. The van der Waals surface area contributed by atoms with E-state index in [1.165, 1.54) is 6.07 Å². The molecule has 1 aliphatic heterocycles. The molecule has 3 heterocycles.